The fourth-order valence-electron chi connectivity index (χ4n) is 2.03. The number of benzene rings is 2. The zero-order valence-electron chi connectivity index (χ0n) is 12.6. The smallest absolute Gasteiger partial charge is 0.318 e. The zero-order chi connectivity index (χ0) is 15.6. The van der Waals surface area contributed by atoms with Gasteiger partial charge in [-0.1, -0.05) is 48.5 Å². The van der Waals surface area contributed by atoms with Crippen molar-refractivity contribution in [3.8, 4) is 5.75 Å². The molecule has 0 aliphatic rings. The quantitative estimate of drug-likeness (QED) is 0.860. The van der Waals surface area contributed by atoms with Crippen molar-refractivity contribution < 1.29 is 9.53 Å². The molecule has 2 aromatic carbocycles. The predicted octanol–water partition coefficient (Wildman–Crippen LogP) is 3.21. The van der Waals surface area contributed by atoms with Gasteiger partial charge in [-0.3, -0.25) is 0 Å². The van der Waals surface area contributed by atoms with Crippen molar-refractivity contribution in [1.82, 2.24) is 10.6 Å². The third-order valence-corrected chi connectivity index (χ3v) is 3.16. The molecule has 2 rings (SSSR count). The molecule has 0 unspecified atom stereocenters. The number of rotatable bonds is 6. The van der Waals surface area contributed by atoms with Gasteiger partial charge in [0.05, 0.1) is 7.11 Å². The van der Waals surface area contributed by atoms with Crippen LogP contribution in [0.25, 0.3) is 6.08 Å². The lowest BCUT2D eigenvalue weighted by atomic mass is 10.1. The van der Waals surface area contributed by atoms with Crippen molar-refractivity contribution >= 4 is 12.1 Å². The first-order chi connectivity index (χ1) is 10.8. The second kappa shape index (κ2) is 8.52. The number of amides is 2. The second-order valence-electron chi connectivity index (χ2n) is 4.71. The third-order valence-electron chi connectivity index (χ3n) is 3.16. The normalized spacial score (nSPS) is 10.4. The number of carbonyl (C=O) groups is 1. The summed E-state index contributed by atoms with van der Waals surface area (Å²) in [5.74, 6) is 0.769. The van der Waals surface area contributed by atoms with Crippen LogP contribution in [0.3, 0.4) is 0 Å². The Morgan fingerprint density at radius 1 is 1.09 bits per heavy atom. The van der Waals surface area contributed by atoms with Gasteiger partial charge in [-0.15, -0.1) is 0 Å². The number of nitrogens with one attached hydrogen (secondary N) is 2. The van der Waals surface area contributed by atoms with Crippen LogP contribution in [0.4, 0.5) is 4.79 Å². The van der Waals surface area contributed by atoms with Gasteiger partial charge in [-0.05, 0) is 24.1 Å². The van der Waals surface area contributed by atoms with Crippen LogP contribution in [-0.4, -0.2) is 19.7 Å². The van der Waals surface area contributed by atoms with Crippen molar-refractivity contribution in [2.75, 3.05) is 13.7 Å². The Kier molecular flexibility index (Phi) is 6.05. The molecule has 0 atom stereocenters. The highest BCUT2D eigenvalue weighted by molar-refractivity contribution is 5.76. The predicted molar refractivity (Wildman–Crippen MR) is 88.7 cm³/mol. The van der Waals surface area contributed by atoms with E-state index in [1.165, 1.54) is 5.56 Å². The summed E-state index contributed by atoms with van der Waals surface area (Å²) < 4.78 is 5.24. The van der Waals surface area contributed by atoms with E-state index in [-0.39, 0.29) is 6.03 Å². The van der Waals surface area contributed by atoms with Crippen molar-refractivity contribution in [2.24, 2.45) is 0 Å². The molecule has 0 heterocycles. The number of carbonyl (C=O) groups excluding carboxylic acids is 1. The first-order valence-electron chi connectivity index (χ1n) is 7.17. The Balaban J connectivity index is 1.74. The molecule has 0 fully saturated rings. The van der Waals surface area contributed by atoms with E-state index < -0.39 is 0 Å². The lowest BCUT2D eigenvalue weighted by molar-refractivity contribution is 0.244. The number of ether oxygens (including phenoxy) is 1. The molecule has 4 nitrogen and oxygen atoms in total. The van der Waals surface area contributed by atoms with Crippen molar-refractivity contribution in [3.63, 3.8) is 0 Å². The minimum atomic E-state index is -0.220. The average Bonchev–Trinajstić information content (AvgIpc) is 2.56. The van der Waals surface area contributed by atoms with Gasteiger partial charge < -0.3 is 15.4 Å². The molecule has 2 amide bonds. The van der Waals surface area contributed by atoms with E-state index in [2.05, 4.69) is 10.6 Å². The van der Waals surface area contributed by atoms with Crippen LogP contribution in [0.2, 0.25) is 0 Å². The van der Waals surface area contributed by atoms with Gasteiger partial charge in [-0.25, -0.2) is 4.79 Å². The number of hydrogen-bond acceptors (Lipinski definition) is 2. The molecule has 22 heavy (non-hydrogen) atoms. The fraction of sp³-hybridized carbons (Fsp3) is 0.167. The molecule has 0 bridgehead atoms. The summed E-state index contributed by atoms with van der Waals surface area (Å²) in [6, 6.07) is 17.4. The van der Waals surface area contributed by atoms with E-state index in [1.807, 2.05) is 54.6 Å². The third kappa shape index (κ3) is 4.98. The SMILES string of the molecule is COc1ccccc1/C=C/NC(=O)NCCc1ccccc1. The van der Waals surface area contributed by atoms with Gasteiger partial charge in [-0.2, -0.15) is 0 Å². The summed E-state index contributed by atoms with van der Waals surface area (Å²) in [6.07, 6.45) is 4.22. The highest BCUT2D eigenvalue weighted by Crippen LogP contribution is 2.18. The summed E-state index contributed by atoms with van der Waals surface area (Å²) in [6.45, 7) is 0.596. The maximum Gasteiger partial charge on any atom is 0.318 e. The van der Waals surface area contributed by atoms with Gasteiger partial charge in [0, 0.05) is 18.3 Å². The van der Waals surface area contributed by atoms with Crippen LogP contribution in [0, 0.1) is 0 Å². The Morgan fingerprint density at radius 2 is 1.82 bits per heavy atom. The zero-order valence-corrected chi connectivity index (χ0v) is 12.6. The molecule has 0 aliphatic carbocycles. The van der Waals surface area contributed by atoms with E-state index in [4.69, 9.17) is 4.74 Å². The minimum absolute atomic E-state index is 0.220. The van der Waals surface area contributed by atoms with Gasteiger partial charge in [0.2, 0.25) is 0 Å². The first-order valence-corrected chi connectivity index (χ1v) is 7.17. The molecule has 0 spiro atoms. The first kappa shape index (κ1) is 15.6. The van der Waals surface area contributed by atoms with Gasteiger partial charge in [0.15, 0.2) is 0 Å². The number of para-hydroxylation sites is 1. The molecule has 0 aliphatic heterocycles. The molecule has 2 N–H and O–H groups in total. The van der Waals surface area contributed by atoms with Crippen LogP contribution in [0.15, 0.2) is 60.8 Å². The summed E-state index contributed by atoms with van der Waals surface area (Å²) in [4.78, 5) is 11.7. The highest BCUT2D eigenvalue weighted by Gasteiger charge is 1.99. The van der Waals surface area contributed by atoms with Crippen LogP contribution in [-0.2, 0) is 6.42 Å². The lowest BCUT2D eigenvalue weighted by Gasteiger charge is -2.05. The van der Waals surface area contributed by atoms with Crippen LogP contribution >= 0.6 is 0 Å². The molecule has 0 radical (unpaired) electrons. The van der Waals surface area contributed by atoms with Crippen LogP contribution < -0.4 is 15.4 Å². The standard InChI is InChI=1S/C18H20N2O2/c1-22-17-10-6-5-9-16(17)12-14-20-18(21)19-13-11-15-7-3-2-4-8-15/h2-10,12,14H,11,13H2,1H3,(H2,19,20,21)/b14-12+. The number of hydrogen-bond donors (Lipinski definition) is 2. The Morgan fingerprint density at radius 3 is 2.59 bits per heavy atom. The lowest BCUT2D eigenvalue weighted by Crippen LogP contribution is -2.33. The second-order valence-corrected chi connectivity index (χ2v) is 4.71. The molecule has 2 aromatic rings. The fourth-order valence-corrected chi connectivity index (χ4v) is 2.03. The van der Waals surface area contributed by atoms with E-state index in [9.17, 15) is 4.79 Å². The molecule has 114 valence electrons. The largest absolute Gasteiger partial charge is 0.496 e. The molecular weight excluding hydrogens is 276 g/mol. The topological polar surface area (TPSA) is 50.4 Å². The summed E-state index contributed by atoms with van der Waals surface area (Å²) in [5.41, 5.74) is 2.11. The van der Waals surface area contributed by atoms with Gasteiger partial charge >= 0.3 is 6.03 Å². The minimum Gasteiger partial charge on any atom is -0.496 e. The molecule has 4 heteroatoms. The Bertz CT molecular complexity index is 624. The Hall–Kier alpha value is -2.75. The maximum absolute atomic E-state index is 11.7. The summed E-state index contributed by atoms with van der Waals surface area (Å²) in [5, 5.41) is 5.50. The van der Waals surface area contributed by atoms with E-state index >= 15 is 0 Å². The molecule has 0 aromatic heterocycles. The summed E-state index contributed by atoms with van der Waals surface area (Å²) in [7, 11) is 1.62. The van der Waals surface area contributed by atoms with Crippen molar-refractivity contribution in [2.45, 2.75) is 6.42 Å². The van der Waals surface area contributed by atoms with Gasteiger partial charge in [0.25, 0.3) is 0 Å². The van der Waals surface area contributed by atoms with Crippen molar-refractivity contribution in [3.05, 3.63) is 71.9 Å². The Labute approximate surface area is 130 Å². The maximum atomic E-state index is 11.7. The van der Waals surface area contributed by atoms with Crippen LogP contribution in [0.1, 0.15) is 11.1 Å². The summed E-state index contributed by atoms with van der Waals surface area (Å²) >= 11 is 0. The number of urea groups is 1. The number of methoxy groups -OCH3 is 1. The molecule has 0 saturated heterocycles. The van der Waals surface area contributed by atoms with Crippen molar-refractivity contribution in [1.29, 1.82) is 0 Å². The van der Waals surface area contributed by atoms with Gasteiger partial charge in [0.1, 0.15) is 5.75 Å². The molecule has 0 saturated carbocycles. The molecular formula is C18H20N2O2. The average molecular weight is 296 g/mol. The highest BCUT2D eigenvalue weighted by atomic mass is 16.5. The van der Waals surface area contributed by atoms with Crippen LogP contribution in [0.5, 0.6) is 5.75 Å². The monoisotopic (exact) mass is 296 g/mol. The van der Waals surface area contributed by atoms with E-state index in [0.717, 1.165) is 17.7 Å². The van der Waals surface area contributed by atoms with E-state index in [1.54, 1.807) is 19.4 Å². The van der Waals surface area contributed by atoms with E-state index in [0.29, 0.717) is 6.54 Å².